The first-order chi connectivity index (χ1) is 18.9. The quantitative estimate of drug-likeness (QED) is 0.234. The fourth-order valence-electron chi connectivity index (χ4n) is 4.74. The van der Waals surface area contributed by atoms with E-state index in [0.717, 1.165) is 0 Å². The third-order valence-corrected chi connectivity index (χ3v) is 7.34. The van der Waals surface area contributed by atoms with Crippen molar-refractivity contribution in [3.05, 3.63) is 75.9 Å². The minimum absolute atomic E-state index is 0.0594. The van der Waals surface area contributed by atoms with Crippen molar-refractivity contribution in [1.29, 1.82) is 5.26 Å². The third kappa shape index (κ3) is 5.30. The number of fused-ring (bicyclic) bond motifs is 1. The van der Waals surface area contributed by atoms with E-state index in [1.807, 2.05) is 0 Å². The molecule has 2 aromatic carbocycles. The summed E-state index contributed by atoms with van der Waals surface area (Å²) in [7, 11) is 0. The van der Waals surface area contributed by atoms with Gasteiger partial charge in [-0.05, 0) is 60.6 Å². The van der Waals surface area contributed by atoms with Crippen LogP contribution in [0.4, 0.5) is 24.5 Å². The fraction of sp³-hybridized carbons (Fsp3) is 0.379. The lowest BCUT2D eigenvalue weighted by Crippen LogP contribution is -2.26. The molecule has 1 atom stereocenters. The maximum absolute atomic E-state index is 14.0. The molecule has 40 heavy (non-hydrogen) atoms. The van der Waals surface area contributed by atoms with Crippen LogP contribution in [0.1, 0.15) is 62.0 Å². The lowest BCUT2D eigenvalue weighted by atomic mass is 9.96. The predicted molar refractivity (Wildman–Crippen MR) is 149 cm³/mol. The zero-order valence-corrected chi connectivity index (χ0v) is 23.3. The molecule has 0 bridgehead atoms. The van der Waals surface area contributed by atoms with Gasteiger partial charge in [-0.15, -0.1) is 5.10 Å². The average Bonchev–Trinajstić information content (AvgIpc) is 3.56. The topological polar surface area (TPSA) is 91.4 Å². The third-order valence-electron chi connectivity index (χ3n) is 7.13. The minimum Gasteiger partial charge on any atom is -0.383 e. The highest BCUT2D eigenvalue weighted by atomic mass is 35.5. The minimum atomic E-state index is -2.57. The van der Waals surface area contributed by atoms with Gasteiger partial charge in [-0.1, -0.05) is 43.7 Å². The van der Waals surface area contributed by atoms with Gasteiger partial charge in [0.25, 0.3) is 6.43 Å². The molecule has 0 saturated heterocycles. The number of nitriles is 1. The Balaban J connectivity index is 1.63. The van der Waals surface area contributed by atoms with Crippen LogP contribution in [0.15, 0.2) is 42.7 Å². The van der Waals surface area contributed by atoms with E-state index in [9.17, 15) is 18.4 Å². The molecule has 5 rings (SSSR count). The maximum atomic E-state index is 14.0. The number of hydrogen-bond acceptors (Lipinski definition) is 6. The Bertz CT molecular complexity index is 1620. The van der Waals surface area contributed by atoms with Crippen molar-refractivity contribution in [1.82, 2.24) is 20.0 Å². The second-order valence-electron chi connectivity index (χ2n) is 11.5. The molecular formula is C29H29ClF3N7. The van der Waals surface area contributed by atoms with Crippen LogP contribution in [0.2, 0.25) is 5.02 Å². The molecular weight excluding hydrogens is 539 g/mol. The Morgan fingerprint density at radius 3 is 2.58 bits per heavy atom. The van der Waals surface area contributed by atoms with E-state index in [-0.39, 0.29) is 5.41 Å². The number of nitrogens with zero attached hydrogens (tertiary/aromatic N) is 5. The van der Waals surface area contributed by atoms with Gasteiger partial charge in [0.2, 0.25) is 0 Å². The summed E-state index contributed by atoms with van der Waals surface area (Å²) in [5.41, 5.74) is 2.36. The summed E-state index contributed by atoms with van der Waals surface area (Å²) in [6.07, 6.45) is 1.07. The van der Waals surface area contributed by atoms with E-state index in [2.05, 4.69) is 52.8 Å². The largest absolute Gasteiger partial charge is 0.383 e. The predicted octanol–water partition coefficient (Wildman–Crippen LogP) is 7.21. The molecule has 1 saturated carbocycles. The molecule has 4 aromatic rings. The van der Waals surface area contributed by atoms with Gasteiger partial charge in [-0.2, -0.15) is 5.26 Å². The number of hydrogen-bond donors (Lipinski definition) is 2. The standard InChI is InChI=1S/C29H29ClF3N7/c1-16-9-19(31)5-6-20(16)26(23-14-40(39-38-23)29(7-8-29)27(32)33)37-22-11-18(30)10-21-24(36-15-28(2,3)4)17(12-34)13-35-25(21)22/h5-6,9-11,13-14,26-27,37H,7-8,15H2,1-4H3,(H,35,36)/t26-/m0/s1. The number of pyridine rings is 1. The summed E-state index contributed by atoms with van der Waals surface area (Å²) in [6.45, 7) is 8.61. The molecule has 0 amide bonds. The highest BCUT2D eigenvalue weighted by molar-refractivity contribution is 6.32. The van der Waals surface area contributed by atoms with Crippen molar-refractivity contribution in [2.45, 2.75) is 58.5 Å². The van der Waals surface area contributed by atoms with Gasteiger partial charge in [0.05, 0.1) is 34.7 Å². The molecule has 11 heteroatoms. The van der Waals surface area contributed by atoms with Crippen molar-refractivity contribution in [2.75, 3.05) is 17.2 Å². The van der Waals surface area contributed by atoms with E-state index in [1.165, 1.54) is 29.2 Å². The first kappa shape index (κ1) is 27.7. The lowest BCUT2D eigenvalue weighted by Gasteiger charge is -2.23. The Labute approximate surface area is 235 Å². The Kier molecular flexibility index (Phi) is 7.13. The Hall–Kier alpha value is -3.84. The van der Waals surface area contributed by atoms with E-state index in [0.29, 0.717) is 69.1 Å². The smallest absolute Gasteiger partial charge is 0.263 e. The van der Waals surface area contributed by atoms with Crippen LogP contribution in [0, 0.1) is 29.5 Å². The van der Waals surface area contributed by atoms with Gasteiger partial charge < -0.3 is 10.6 Å². The molecule has 0 radical (unpaired) electrons. The van der Waals surface area contributed by atoms with Crippen molar-refractivity contribution in [3.63, 3.8) is 0 Å². The molecule has 208 valence electrons. The first-order valence-corrected chi connectivity index (χ1v) is 13.3. The van der Waals surface area contributed by atoms with Gasteiger partial charge >= 0.3 is 0 Å². The van der Waals surface area contributed by atoms with Gasteiger partial charge in [-0.25, -0.2) is 17.9 Å². The second kappa shape index (κ2) is 10.3. The number of nitrogens with one attached hydrogen (secondary N) is 2. The Morgan fingerprint density at radius 1 is 1.20 bits per heavy atom. The number of halogens is 4. The first-order valence-electron chi connectivity index (χ1n) is 12.9. The molecule has 0 unspecified atom stereocenters. The average molecular weight is 568 g/mol. The van der Waals surface area contributed by atoms with Crippen LogP contribution in [-0.2, 0) is 5.54 Å². The molecule has 0 spiro atoms. The van der Waals surface area contributed by atoms with Crippen molar-refractivity contribution >= 4 is 33.9 Å². The number of aromatic nitrogens is 4. The molecule has 2 N–H and O–H groups in total. The molecule has 1 aliphatic rings. The van der Waals surface area contributed by atoms with E-state index >= 15 is 0 Å². The summed E-state index contributed by atoms with van der Waals surface area (Å²) >= 11 is 6.57. The zero-order valence-electron chi connectivity index (χ0n) is 22.6. The summed E-state index contributed by atoms with van der Waals surface area (Å²) in [4.78, 5) is 4.57. The lowest BCUT2D eigenvalue weighted by molar-refractivity contribution is 0.0593. The van der Waals surface area contributed by atoms with Crippen LogP contribution < -0.4 is 10.6 Å². The highest BCUT2D eigenvalue weighted by Gasteiger charge is 2.54. The van der Waals surface area contributed by atoms with Crippen molar-refractivity contribution in [2.24, 2.45) is 5.41 Å². The van der Waals surface area contributed by atoms with Gasteiger partial charge in [0, 0.05) is 23.2 Å². The maximum Gasteiger partial charge on any atom is 0.263 e. The second-order valence-corrected chi connectivity index (χ2v) is 11.9. The van der Waals surface area contributed by atoms with Crippen LogP contribution in [0.25, 0.3) is 10.9 Å². The van der Waals surface area contributed by atoms with Crippen LogP contribution in [0.5, 0.6) is 0 Å². The van der Waals surface area contributed by atoms with Crippen molar-refractivity contribution < 1.29 is 13.2 Å². The number of anilines is 2. The normalized spacial score (nSPS) is 15.2. The summed E-state index contributed by atoms with van der Waals surface area (Å²) in [5, 5.41) is 25.9. The summed E-state index contributed by atoms with van der Waals surface area (Å²) < 4.78 is 42.9. The van der Waals surface area contributed by atoms with E-state index < -0.39 is 23.8 Å². The number of benzene rings is 2. The highest BCUT2D eigenvalue weighted by Crippen LogP contribution is 2.48. The molecule has 1 fully saturated rings. The SMILES string of the molecule is Cc1cc(F)ccc1[C@H](Nc1cc(Cl)cc2c(NCC(C)(C)C)c(C#N)cnc12)c1cn(C2(C(F)F)CC2)nn1. The van der Waals surface area contributed by atoms with Gasteiger partial charge in [-0.3, -0.25) is 4.98 Å². The number of alkyl halides is 2. The van der Waals surface area contributed by atoms with Gasteiger partial charge in [0.15, 0.2) is 0 Å². The summed E-state index contributed by atoms with van der Waals surface area (Å²) in [6, 6.07) is 9.32. The van der Waals surface area contributed by atoms with Gasteiger partial charge in [0.1, 0.15) is 23.1 Å². The molecule has 2 aromatic heterocycles. The van der Waals surface area contributed by atoms with E-state index in [4.69, 9.17) is 11.6 Å². The van der Waals surface area contributed by atoms with Crippen LogP contribution in [-0.4, -0.2) is 32.9 Å². The fourth-order valence-corrected chi connectivity index (χ4v) is 4.96. The zero-order chi connectivity index (χ0) is 28.8. The van der Waals surface area contributed by atoms with Crippen LogP contribution >= 0.6 is 11.6 Å². The summed E-state index contributed by atoms with van der Waals surface area (Å²) in [5.74, 6) is -0.397. The molecule has 7 nitrogen and oxygen atoms in total. The Morgan fingerprint density at radius 2 is 1.95 bits per heavy atom. The van der Waals surface area contributed by atoms with Crippen molar-refractivity contribution in [3.8, 4) is 6.07 Å². The number of aryl methyl sites for hydroxylation is 1. The van der Waals surface area contributed by atoms with Crippen LogP contribution in [0.3, 0.4) is 0 Å². The molecule has 0 aliphatic heterocycles. The molecule has 2 heterocycles. The monoisotopic (exact) mass is 567 g/mol. The van der Waals surface area contributed by atoms with E-state index in [1.54, 1.807) is 25.1 Å². The number of rotatable bonds is 8. The molecule has 1 aliphatic carbocycles.